The number of benzene rings is 2. The van der Waals surface area contributed by atoms with Crippen LogP contribution in [0.15, 0.2) is 60.9 Å². The summed E-state index contributed by atoms with van der Waals surface area (Å²) in [5.41, 5.74) is 10.0. The standard InChI is InChI=1S/C20H20N4O/c1-25-12-15(11-14-7-3-2-4-8-14)24-13-22-18-19(24)16-9-5-6-10-17(16)23-20(18)21/h2-10,13,15H,11-12H2,1H3,(H2,21,23)/t15-/m0/s1. The zero-order valence-corrected chi connectivity index (χ0v) is 14.1. The normalized spacial score (nSPS) is 12.7. The summed E-state index contributed by atoms with van der Waals surface area (Å²) in [5, 5.41) is 1.05. The van der Waals surface area contributed by atoms with Crippen molar-refractivity contribution in [2.75, 3.05) is 19.5 Å². The lowest BCUT2D eigenvalue weighted by Gasteiger charge is -2.19. The Balaban J connectivity index is 1.88. The van der Waals surface area contributed by atoms with Gasteiger partial charge in [0.2, 0.25) is 0 Å². The van der Waals surface area contributed by atoms with E-state index < -0.39 is 0 Å². The number of methoxy groups -OCH3 is 1. The number of hydrogen-bond acceptors (Lipinski definition) is 4. The molecule has 0 fully saturated rings. The number of fused-ring (bicyclic) bond motifs is 3. The number of imidazole rings is 1. The maximum Gasteiger partial charge on any atom is 0.152 e. The summed E-state index contributed by atoms with van der Waals surface area (Å²) >= 11 is 0. The number of para-hydroxylation sites is 1. The molecule has 0 aliphatic heterocycles. The number of nitrogens with zero attached hydrogens (tertiary/aromatic N) is 3. The summed E-state index contributed by atoms with van der Waals surface area (Å²) in [4.78, 5) is 9.01. The van der Waals surface area contributed by atoms with Crippen LogP contribution in [0, 0.1) is 0 Å². The molecule has 0 amide bonds. The van der Waals surface area contributed by atoms with Gasteiger partial charge >= 0.3 is 0 Å². The van der Waals surface area contributed by atoms with Gasteiger partial charge in [0.05, 0.1) is 30.0 Å². The second-order valence-corrected chi connectivity index (χ2v) is 6.16. The fraction of sp³-hybridized carbons (Fsp3) is 0.200. The summed E-state index contributed by atoms with van der Waals surface area (Å²) in [6, 6.07) is 18.6. The highest BCUT2D eigenvalue weighted by Crippen LogP contribution is 2.30. The third kappa shape index (κ3) is 2.83. The predicted octanol–water partition coefficient (Wildman–Crippen LogP) is 3.60. The average molecular weight is 332 g/mol. The molecule has 0 aliphatic carbocycles. The molecule has 0 bridgehead atoms. The molecular weight excluding hydrogens is 312 g/mol. The highest BCUT2D eigenvalue weighted by Gasteiger charge is 2.18. The first-order valence-electron chi connectivity index (χ1n) is 8.31. The SMILES string of the molecule is COC[C@H](Cc1ccccc1)n1cnc2c(N)nc3ccccc3c21. The second kappa shape index (κ2) is 6.53. The smallest absolute Gasteiger partial charge is 0.152 e. The van der Waals surface area contributed by atoms with Gasteiger partial charge in [-0.3, -0.25) is 0 Å². The van der Waals surface area contributed by atoms with E-state index in [1.165, 1.54) is 5.56 Å². The summed E-state index contributed by atoms with van der Waals surface area (Å²) in [6.45, 7) is 0.594. The van der Waals surface area contributed by atoms with Gasteiger partial charge in [0.1, 0.15) is 5.52 Å². The molecule has 5 heteroatoms. The fourth-order valence-electron chi connectivity index (χ4n) is 3.36. The predicted molar refractivity (Wildman–Crippen MR) is 101 cm³/mol. The van der Waals surface area contributed by atoms with Crippen LogP contribution in [0.5, 0.6) is 0 Å². The molecule has 4 rings (SSSR count). The fourth-order valence-corrected chi connectivity index (χ4v) is 3.36. The quantitative estimate of drug-likeness (QED) is 0.606. The third-order valence-corrected chi connectivity index (χ3v) is 4.50. The van der Waals surface area contributed by atoms with Crippen molar-refractivity contribution in [2.24, 2.45) is 0 Å². The summed E-state index contributed by atoms with van der Waals surface area (Å²) in [6.07, 6.45) is 2.71. The molecule has 25 heavy (non-hydrogen) atoms. The van der Waals surface area contributed by atoms with Gasteiger partial charge in [-0.15, -0.1) is 0 Å². The van der Waals surface area contributed by atoms with Crippen molar-refractivity contribution < 1.29 is 4.74 Å². The van der Waals surface area contributed by atoms with E-state index in [-0.39, 0.29) is 6.04 Å². The van der Waals surface area contributed by atoms with Crippen LogP contribution in [0.2, 0.25) is 0 Å². The zero-order chi connectivity index (χ0) is 17.2. The van der Waals surface area contributed by atoms with E-state index in [1.807, 2.05) is 30.6 Å². The number of nitrogens with two attached hydrogens (primary N) is 1. The third-order valence-electron chi connectivity index (χ3n) is 4.50. The Morgan fingerprint density at radius 2 is 1.84 bits per heavy atom. The molecule has 0 saturated carbocycles. The minimum Gasteiger partial charge on any atom is -0.383 e. The first-order valence-corrected chi connectivity index (χ1v) is 8.31. The van der Waals surface area contributed by atoms with Gasteiger partial charge in [-0.2, -0.15) is 0 Å². The van der Waals surface area contributed by atoms with E-state index in [1.54, 1.807) is 7.11 Å². The van der Waals surface area contributed by atoms with E-state index in [9.17, 15) is 0 Å². The number of pyridine rings is 1. The number of ether oxygens (including phenoxy) is 1. The molecule has 0 spiro atoms. The molecule has 1 atom stereocenters. The van der Waals surface area contributed by atoms with Gasteiger partial charge in [0.15, 0.2) is 5.82 Å². The second-order valence-electron chi connectivity index (χ2n) is 6.16. The van der Waals surface area contributed by atoms with Crippen LogP contribution in [-0.4, -0.2) is 28.3 Å². The summed E-state index contributed by atoms with van der Waals surface area (Å²) < 4.78 is 7.67. The molecule has 2 N–H and O–H groups in total. The molecule has 126 valence electrons. The Bertz CT molecular complexity index is 1010. The van der Waals surface area contributed by atoms with Gasteiger partial charge in [-0.1, -0.05) is 48.5 Å². The van der Waals surface area contributed by atoms with Crippen LogP contribution >= 0.6 is 0 Å². The van der Waals surface area contributed by atoms with E-state index in [0.717, 1.165) is 28.4 Å². The van der Waals surface area contributed by atoms with Crippen LogP contribution < -0.4 is 5.73 Å². The van der Waals surface area contributed by atoms with Crippen LogP contribution in [0.3, 0.4) is 0 Å². The summed E-state index contributed by atoms with van der Waals surface area (Å²) in [7, 11) is 1.73. The van der Waals surface area contributed by atoms with E-state index >= 15 is 0 Å². The average Bonchev–Trinajstić information content (AvgIpc) is 3.08. The van der Waals surface area contributed by atoms with Crippen molar-refractivity contribution in [2.45, 2.75) is 12.5 Å². The lowest BCUT2D eigenvalue weighted by atomic mass is 10.1. The van der Waals surface area contributed by atoms with Gasteiger partial charge < -0.3 is 15.0 Å². The molecule has 5 nitrogen and oxygen atoms in total. The van der Waals surface area contributed by atoms with Gasteiger partial charge in [0.25, 0.3) is 0 Å². The molecule has 2 aromatic carbocycles. The molecule has 0 aliphatic rings. The first-order chi connectivity index (χ1) is 12.3. The number of hydrogen-bond donors (Lipinski definition) is 1. The maximum absolute atomic E-state index is 6.14. The summed E-state index contributed by atoms with van der Waals surface area (Å²) in [5.74, 6) is 0.461. The molecule has 2 heterocycles. The van der Waals surface area contributed by atoms with Crippen LogP contribution in [0.1, 0.15) is 11.6 Å². The van der Waals surface area contributed by atoms with Crippen molar-refractivity contribution >= 4 is 27.8 Å². The Hall–Kier alpha value is -2.92. The van der Waals surface area contributed by atoms with Crippen molar-refractivity contribution in [1.82, 2.24) is 14.5 Å². The van der Waals surface area contributed by atoms with Crippen molar-refractivity contribution in [3.8, 4) is 0 Å². The van der Waals surface area contributed by atoms with E-state index in [0.29, 0.717) is 12.4 Å². The molecular formula is C20H20N4O. The van der Waals surface area contributed by atoms with Crippen LogP contribution in [0.4, 0.5) is 5.82 Å². The Morgan fingerprint density at radius 1 is 1.08 bits per heavy atom. The van der Waals surface area contributed by atoms with E-state index in [4.69, 9.17) is 10.5 Å². The Morgan fingerprint density at radius 3 is 2.64 bits per heavy atom. The Labute approximate surface area is 146 Å². The highest BCUT2D eigenvalue weighted by molar-refractivity contribution is 6.06. The molecule has 0 unspecified atom stereocenters. The van der Waals surface area contributed by atoms with Gasteiger partial charge in [-0.05, 0) is 18.1 Å². The topological polar surface area (TPSA) is 66.0 Å². The van der Waals surface area contributed by atoms with E-state index in [2.05, 4.69) is 44.9 Å². The maximum atomic E-state index is 6.14. The number of anilines is 1. The van der Waals surface area contributed by atoms with Crippen molar-refractivity contribution in [1.29, 1.82) is 0 Å². The minimum absolute atomic E-state index is 0.127. The van der Waals surface area contributed by atoms with Crippen molar-refractivity contribution in [3.05, 3.63) is 66.5 Å². The number of rotatable bonds is 5. The largest absolute Gasteiger partial charge is 0.383 e. The zero-order valence-electron chi connectivity index (χ0n) is 14.1. The Kier molecular flexibility index (Phi) is 4.07. The van der Waals surface area contributed by atoms with Gasteiger partial charge in [-0.25, -0.2) is 9.97 Å². The highest BCUT2D eigenvalue weighted by atomic mass is 16.5. The van der Waals surface area contributed by atoms with Gasteiger partial charge in [0, 0.05) is 12.5 Å². The molecule has 2 aromatic heterocycles. The first kappa shape index (κ1) is 15.6. The molecule has 0 radical (unpaired) electrons. The molecule has 4 aromatic rings. The number of aromatic nitrogens is 3. The van der Waals surface area contributed by atoms with Crippen LogP contribution in [0.25, 0.3) is 21.9 Å². The minimum atomic E-state index is 0.127. The van der Waals surface area contributed by atoms with Crippen molar-refractivity contribution in [3.63, 3.8) is 0 Å². The lowest BCUT2D eigenvalue weighted by Crippen LogP contribution is -2.17. The lowest BCUT2D eigenvalue weighted by molar-refractivity contribution is 0.156. The molecule has 0 saturated heterocycles. The van der Waals surface area contributed by atoms with Crippen LogP contribution in [-0.2, 0) is 11.2 Å². The number of nitrogen functional groups attached to an aromatic ring is 1. The monoisotopic (exact) mass is 332 g/mol.